The molecule has 1 heterocycles. The minimum atomic E-state index is 0.101. The Morgan fingerprint density at radius 3 is 2.65 bits per heavy atom. The van der Waals surface area contributed by atoms with Gasteiger partial charge in [-0.2, -0.15) is 0 Å². The molecule has 1 aliphatic heterocycles. The third-order valence-corrected chi connectivity index (χ3v) is 4.12. The van der Waals surface area contributed by atoms with Crippen molar-refractivity contribution < 1.29 is 4.79 Å². The summed E-state index contributed by atoms with van der Waals surface area (Å²) in [7, 11) is 0. The van der Waals surface area contributed by atoms with E-state index < -0.39 is 0 Å². The van der Waals surface area contributed by atoms with Crippen LogP contribution < -0.4 is 5.32 Å². The van der Waals surface area contributed by atoms with Crippen LogP contribution in [0.2, 0.25) is 0 Å². The van der Waals surface area contributed by atoms with Crippen LogP contribution in [0, 0.1) is 5.41 Å². The van der Waals surface area contributed by atoms with Crippen molar-refractivity contribution in [2.45, 2.75) is 65.0 Å². The van der Waals surface area contributed by atoms with Crippen molar-refractivity contribution in [1.82, 2.24) is 10.2 Å². The summed E-state index contributed by atoms with van der Waals surface area (Å²) in [6.45, 7) is 8.56. The topological polar surface area (TPSA) is 32.3 Å². The Morgan fingerprint density at radius 2 is 2.06 bits per heavy atom. The molecule has 1 atom stereocenters. The molecule has 1 unspecified atom stereocenters. The van der Waals surface area contributed by atoms with Gasteiger partial charge in [-0.1, -0.05) is 20.8 Å². The Hall–Kier alpha value is -0.570. The average Bonchev–Trinajstić information content (AvgIpc) is 3.08. The van der Waals surface area contributed by atoms with Crippen LogP contribution in [0.15, 0.2) is 0 Å². The summed E-state index contributed by atoms with van der Waals surface area (Å²) in [4.78, 5) is 14.4. The zero-order chi connectivity index (χ0) is 12.5. The van der Waals surface area contributed by atoms with Gasteiger partial charge in [0.2, 0.25) is 5.91 Å². The SMILES string of the molecule is CCC(C)(C)CN1CCCC(NC2CC2)C1=O. The third-order valence-electron chi connectivity index (χ3n) is 4.12. The molecule has 2 rings (SSSR count). The van der Waals surface area contributed by atoms with Gasteiger partial charge >= 0.3 is 0 Å². The molecule has 2 aliphatic rings. The van der Waals surface area contributed by atoms with Crippen molar-refractivity contribution >= 4 is 5.91 Å². The predicted octanol–water partition coefficient (Wildman–Crippen LogP) is 2.17. The first-order chi connectivity index (χ1) is 8.02. The van der Waals surface area contributed by atoms with Gasteiger partial charge in [0.25, 0.3) is 0 Å². The lowest BCUT2D eigenvalue weighted by molar-refractivity contribution is -0.137. The van der Waals surface area contributed by atoms with E-state index in [1.807, 2.05) is 0 Å². The molecule has 1 N–H and O–H groups in total. The zero-order valence-corrected chi connectivity index (χ0v) is 11.5. The standard InChI is InChI=1S/C14H26N2O/c1-4-14(2,3)10-16-9-5-6-12(13(16)17)15-11-7-8-11/h11-12,15H,4-10H2,1-3H3. The number of hydrogen-bond acceptors (Lipinski definition) is 2. The van der Waals surface area contributed by atoms with Gasteiger partial charge in [0, 0.05) is 19.1 Å². The molecule has 1 amide bonds. The van der Waals surface area contributed by atoms with Crippen molar-refractivity contribution in [3.05, 3.63) is 0 Å². The summed E-state index contributed by atoms with van der Waals surface area (Å²) in [5.74, 6) is 0.338. The lowest BCUT2D eigenvalue weighted by atomic mass is 9.88. The average molecular weight is 238 g/mol. The van der Waals surface area contributed by atoms with E-state index in [1.54, 1.807) is 0 Å². The highest BCUT2D eigenvalue weighted by Crippen LogP contribution is 2.26. The molecular formula is C14H26N2O. The van der Waals surface area contributed by atoms with E-state index in [0.29, 0.717) is 11.9 Å². The Labute approximate surface area is 105 Å². The van der Waals surface area contributed by atoms with Crippen LogP contribution in [0.1, 0.15) is 52.9 Å². The van der Waals surface area contributed by atoms with Crippen molar-refractivity contribution in [1.29, 1.82) is 0 Å². The highest BCUT2D eigenvalue weighted by Gasteiger charge is 2.34. The largest absolute Gasteiger partial charge is 0.341 e. The number of likely N-dealkylation sites (tertiary alicyclic amines) is 1. The molecule has 1 saturated heterocycles. The van der Waals surface area contributed by atoms with Crippen LogP contribution in [0.25, 0.3) is 0 Å². The third kappa shape index (κ3) is 3.44. The van der Waals surface area contributed by atoms with Gasteiger partial charge in [0.15, 0.2) is 0 Å². The van der Waals surface area contributed by atoms with Gasteiger partial charge in [-0.25, -0.2) is 0 Å². The van der Waals surface area contributed by atoms with E-state index in [0.717, 1.165) is 32.4 Å². The van der Waals surface area contributed by atoms with Crippen molar-refractivity contribution in [2.24, 2.45) is 5.41 Å². The fourth-order valence-corrected chi connectivity index (χ4v) is 2.41. The summed E-state index contributed by atoms with van der Waals surface area (Å²) in [5.41, 5.74) is 0.247. The number of nitrogens with zero attached hydrogens (tertiary/aromatic N) is 1. The highest BCUT2D eigenvalue weighted by atomic mass is 16.2. The van der Waals surface area contributed by atoms with E-state index in [2.05, 4.69) is 31.0 Å². The second-order valence-corrected chi connectivity index (χ2v) is 6.41. The number of hydrogen-bond donors (Lipinski definition) is 1. The smallest absolute Gasteiger partial charge is 0.239 e. The Kier molecular flexibility index (Phi) is 3.76. The van der Waals surface area contributed by atoms with Crippen LogP contribution in [0.5, 0.6) is 0 Å². The molecule has 0 bridgehead atoms. The molecule has 3 nitrogen and oxygen atoms in total. The number of carbonyl (C=O) groups is 1. The lowest BCUT2D eigenvalue weighted by Crippen LogP contribution is -2.53. The highest BCUT2D eigenvalue weighted by molar-refractivity contribution is 5.82. The maximum absolute atomic E-state index is 12.3. The summed E-state index contributed by atoms with van der Waals surface area (Å²) < 4.78 is 0. The van der Waals surface area contributed by atoms with Gasteiger partial charge < -0.3 is 10.2 Å². The summed E-state index contributed by atoms with van der Waals surface area (Å²) in [6.07, 6.45) is 5.81. The molecule has 2 fully saturated rings. The Morgan fingerprint density at radius 1 is 1.35 bits per heavy atom. The molecule has 0 radical (unpaired) electrons. The lowest BCUT2D eigenvalue weighted by Gasteiger charge is -2.37. The minimum absolute atomic E-state index is 0.101. The van der Waals surface area contributed by atoms with Gasteiger partial charge in [-0.3, -0.25) is 4.79 Å². The fraction of sp³-hybridized carbons (Fsp3) is 0.929. The number of piperidine rings is 1. The summed E-state index contributed by atoms with van der Waals surface area (Å²) in [6, 6.07) is 0.729. The monoisotopic (exact) mass is 238 g/mol. The second-order valence-electron chi connectivity index (χ2n) is 6.41. The van der Waals surface area contributed by atoms with Crippen LogP contribution >= 0.6 is 0 Å². The second kappa shape index (κ2) is 4.97. The first kappa shape index (κ1) is 12.9. The van der Waals surface area contributed by atoms with Crippen molar-refractivity contribution in [3.63, 3.8) is 0 Å². The van der Waals surface area contributed by atoms with E-state index >= 15 is 0 Å². The summed E-state index contributed by atoms with van der Waals surface area (Å²) >= 11 is 0. The number of rotatable bonds is 5. The predicted molar refractivity (Wildman–Crippen MR) is 69.8 cm³/mol. The molecule has 0 aromatic carbocycles. The Bertz CT molecular complexity index is 284. The van der Waals surface area contributed by atoms with Crippen LogP contribution in [0.4, 0.5) is 0 Å². The van der Waals surface area contributed by atoms with Crippen LogP contribution in [0.3, 0.4) is 0 Å². The maximum atomic E-state index is 12.3. The molecule has 0 aromatic heterocycles. The number of carbonyl (C=O) groups excluding carboxylic acids is 1. The van der Waals surface area contributed by atoms with Crippen LogP contribution in [-0.2, 0) is 4.79 Å². The van der Waals surface area contributed by atoms with E-state index in [-0.39, 0.29) is 11.5 Å². The van der Waals surface area contributed by atoms with Crippen LogP contribution in [-0.4, -0.2) is 36.0 Å². The van der Waals surface area contributed by atoms with E-state index in [1.165, 1.54) is 12.8 Å². The molecule has 1 saturated carbocycles. The molecule has 1 aliphatic carbocycles. The molecule has 17 heavy (non-hydrogen) atoms. The van der Waals surface area contributed by atoms with Gasteiger partial charge in [0.1, 0.15) is 0 Å². The quantitative estimate of drug-likeness (QED) is 0.796. The molecular weight excluding hydrogens is 212 g/mol. The number of amides is 1. The van der Waals surface area contributed by atoms with E-state index in [9.17, 15) is 4.79 Å². The van der Waals surface area contributed by atoms with Crippen molar-refractivity contribution in [3.8, 4) is 0 Å². The van der Waals surface area contributed by atoms with Crippen molar-refractivity contribution in [2.75, 3.05) is 13.1 Å². The first-order valence-electron chi connectivity index (χ1n) is 7.07. The molecule has 98 valence electrons. The first-order valence-corrected chi connectivity index (χ1v) is 7.07. The number of nitrogens with one attached hydrogen (secondary N) is 1. The fourth-order valence-electron chi connectivity index (χ4n) is 2.41. The van der Waals surface area contributed by atoms with Gasteiger partial charge in [-0.15, -0.1) is 0 Å². The van der Waals surface area contributed by atoms with Gasteiger partial charge in [-0.05, 0) is 37.5 Å². The maximum Gasteiger partial charge on any atom is 0.239 e. The van der Waals surface area contributed by atoms with Gasteiger partial charge in [0.05, 0.1) is 6.04 Å². The molecule has 0 aromatic rings. The zero-order valence-electron chi connectivity index (χ0n) is 11.5. The normalized spacial score (nSPS) is 26.4. The van der Waals surface area contributed by atoms with E-state index in [4.69, 9.17) is 0 Å². The summed E-state index contributed by atoms with van der Waals surface area (Å²) in [5, 5.41) is 3.49. The minimum Gasteiger partial charge on any atom is -0.341 e. The molecule has 3 heteroatoms. The Balaban J connectivity index is 1.90. The molecule has 0 spiro atoms.